The van der Waals surface area contributed by atoms with Crippen molar-refractivity contribution in [3.63, 3.8) is 0 Å². The Morgan fingerprint density at radius 1 is 1.33 bits per heavy atom. The predicted molar refractivity (Wildman–Crippen MR) is 73.0 cm³/mol. The molecule has 2 aliphatic rings. The van der Waals surface area contributed by atoms with Crippen LogP contribution in [0.1, 0.15) is 19.3 Å². The van der Waals surface area contributed by atoms with Crippen molar-refractivity contribution >= 4 is 23.1 Å². The molecule has 0 aliphatic carbocycles. The van der Waals surface area contributed by atoms with Gasteiger partial charge in [0.25, 0.3) is 0 Å². The van der Waals surface area contributed by atoms with Gasteiger partial charge in [0.2, 0.25) is 0 Å². The van der Waals surface area contributed by atoms with Crippen LogP contribution in [0.2, 0.25) is 5.02 Å². The molecular formula is C13H18ClN3O. The summed E-state index contributed by atoms with van der Waals surface area (Å²) in [6.45, 7) is 3.88. The third kappa shape index (κ3) is 2.15. The minimum absolute atomic E-state index is 0.416. The average molecular weight is 268 g/mol. The van der Waals surface area contributed by atoms with Crippen molar-refractivity contribution in [2.75, 3.05) is 36.9 Å². The first-order valence-corrected chi connectivity index (χ1v) is 6.80. The molecule has 18 heavy (non-hydrogen) atoms. The molecule has 0 radical (unpaired) electrons. The van der Waals surface area contributed by atoms with Crippen molar-refractivity contribution in [1.82, 2.24) is 4.98 Å². The average Bonchev–Trinajstić information content (AvgIpc) is 2.77. The van der Waals surface area contributed by atoms with E-state index in [0.717, 1.165) is 44.8 Å². The Morgan fingerprint density at radius 3 is 2.89 bits per heavy atom. The van der Waals surface area contributed by atoms with Crippen LogP contribution >= 0.6 is 11.6 Å². The number of halogens is 1. The SMILES string of the molecule is Nc1cc(N2CCC3(CCOCC3)C2)c(Cl)cn1. The summed E-state index contributed by atoms with van der Waals surface area (Å²) >= 11 is 6.22. The Balaban J connectivity index is 1.80. The lowest BCUT2D eigenvalue weighted by atomic mass is 9.80. The van der Waals surface area contributed by atoms with Crippen LogP contribution in [0.4, 0.5) is 11.5 Å². The van der Waals surface area contributed by atoms with Gasteiger partial charge < -0.3 is 15.4 Å². The van der Waals surface area contributed by atoms with E-state index in [-0.39, 0.29) is 0 Å². The normalized spacial score (nSPS) is 22.6. The number of nitrogen functional groups attached to an aromatic ring is 1. The molecule has 98 valence electrons. The third-order valence-electron chi connectivity index (χ3n) is 4.19. The summed E-state index contributed by atoms with van der Waals surface area (Å²) in [4.78, 5) is 6.35. The van der Waals surface area contributed by atoms with Crippen molar-refractivity contribution in [2.45, 2.75) is 19.3 Å². The van der Waals surface area contributed by atoms with E-state index in [2.05, 4.69) is 9.88 Å². The van der Waals surface area contributed by atoms with Gasteiger partial charge in [-0.2, -0.15) is 0 Å². The summed E-state index contributed by atoms with van der Waals surface area (Å²) in [6.07, 6.45) is 5.17. The van der Waals surface area contributed by atoms with Crippen molar-refractivity contribution in [3.05, 3.63) is 17.3 Å². The van der Waals surface area contributed by atoms with Gasteiger partial charge in [-0.25, -0.2) is 4.98 Å². The topological polar surface area (TPSA) is 51.4 Å². The van der Waals surface area contributed by atoms with Gasteiger partial charge in [-0.05, 0) is 24.7 Å². The van der Waals surface area contributed by atoms with Gasteiger partial charge >= 0.3 is 0 Å². The molecule has 4 nitrogen and oxygen atoms in total. The molecule has 1 aromatic rings. The number of aromatic nitrogens is 1. The van der Waals surface area contributed by atoms with Crippen molar-refractivity contribution in [3.8, 4) is 0 Å². The lowest BCUT2D eigenvalue weighted by molar-refractivity contribution is 0.0254. The number of nitrogens with two attached hydrogens (primary N) is 1. The van der Waals surface area contributed by atoms with E-state index in [0.29, 0.717) is 16.3 Å². The van der Waals surface area contributed by atoms with Gasteiger partial charge in [-0.3, -0.25) is 0 Å². The third-order valence-corrected chi connectivity index (χ3v) is 4.48. The molecule has 0 atom stereocenters. The van der Waals surface area contributed by atoms with E-state index in [1.165, 1.54) is 6.42 Å². The van der Waals surface area contributed by atoms with Gasteiger partial charge in [0.1, 0.15) is 5.82 Å². The minimum Gasteiger partial charge on any atom is -0.384 e. The first-order chi connectivity index (χ1) is 8.69. The number of ether oxygens (including phenoxy) is 1. The number of hydrogen-bond acceptors (Lipinski definition) is 4. The van der Waals surface area contributed by atoms with E-state index in [9.17, 15) is 0 Å². The Bertz CT molecular complexity index is 446. The van der Waals surface area contributed by atoms with Crippen LogP contribution in [0.3, 0.4) is 0 Å². The molecule has 0 aromatic carbocycles. The van der Waals surface area contributed by atoms with Crippen LogP contribution in [-0.4, -0.2) is 31.3 Å². The maximum Gasteiger partial charge on any atom is 0.125 e. The van der Waals surface area contributed by atoms with Crippen LogP contribution in [0.25, 0.3) is 0 Å². The summed E-state index contributed by atoms with van der Waals surface area (Å²) in [5, 5.41) is 0.688. The van der Waals surface area contributed by atoms with E-state index in [4.69, 9.17) is 22.1 Å². The Kier molecular flexibility index (Phi) is 3.08. The number of anilines is 2. The molecule has 5 heteroatoms. The molecule has 3 heterocycles. The van der Waals surface area contributed by atoms with E-state index in [1.807, 2.05) is 6.07 Å². The zero-order valence-electron chi connectivity index (χ0n) is 10.4. The zero-order valence-corrected chi connectivity index (χ0v) is 11.1. The first kappa shape index (κ1) is 12.1. The molecule has 2 saturated heterocycles. The Hall–Kier alpha value is -1.00. The highest BCUT2D eigenvalue weighted by molar-refractivity contribution is 6.33. The number of hydrogen-bond donors (Lipinski definition) is 1. The summed E-state index contributed by atoms with van der Waals surface area (Å²) in [5.74, 6) is 0.530. The van der Waals surface area contributed by atoms with Crippen LogP contribution < -0.4 is 10.6 Å². The molecule has 2 fully saturated rings. The second kappa shape index (κ2) is 4.59. The van der Waals surface area contributed by atoms with E-state index in [1.54, 1.807) is 6.20 Å². The predicted octanol–water partition coefficient (Wildman–Crippen LogP) is 2.32. The highest BCUT2D eigenvalue weighted by Crippen LogP contribution is 2.42. The summed E-state index contributed by atoms with van der Waals surface area (Å²) in [6, 6.07) is 1.88. The minimum atomic E-state index is 0.416. The van der Waals surface area contributed by atoms with Crippen LogP contribution in [0.5, 0.6) is 0 Å². The highest BCUT2D eigenvalue weighted by atomic mass is 35.5. The maximum atomic E-state index is 6.22. The Labute approximate surface area is 112 Å². The van der Waals surface area contributed by atoms with Crippen molar-refractivity contribution in [2.24, 2.45) is 5.41 Å². The lowest BCUT2D eigenvalue weighted by Crippen LogP contribution is -2.33. The van der Waals surface area contributed by atoms with Gasteiger partial charge in [0.15, 0.2) is 0 Å². The second-order valence-corrected chi connectivity index (χ2v) is 5.75. The molecule has 0 bridgehead atoms. The standard InChI is InChI=1S/C13H18ClN3O/c14-10-8-16-12(15)7-11(10)17-4-1-13(9-17)2-5-18-6-3-13/h7-8H,1-6,9H2,(H2,15,16). The Morgan fingerprint density at radius 2 is 2.11 bits per heavy atom. The second-order valence-electron chi connectivity index (χ2n) is 5.34. The molecule has 0 amide bonds. The molecule has 3 rings (SSSR count). The van der Waals surface area contributed by atoms with Gasteiger partial charge in [-0.15, -0.1) is 0 Å². The summed E-state index contributed by atoms with van der Waals surface area (Å²) in [7, 11) is 0. The molecule has 2 N–H and O–H groups in total. The van der Waals surface area contributed by atoms with Crippen LogP contribution in [0, 0.1) is 5.41 Å². The monoisotopic (exact) mass is 267 g/mol. The maximum absolute atomic E-state index is 6.22. The van der Waals surface area contributed by atoms with Crippen molar-refractivity contribution in [1.29, 1.82) is 0 Å². The molecule has 1 aromatic heterocycles. The molecule has 1 spiro atoms. The largest absolute Gasteiger partial charge is 0.384 e. The summed E-state index contributed by atoms with van der Waals surface area (Å²) < 4.78 is 5.47. The van der Waals surface area contributed by atoms with E-state index < -0.39 is 0 Å². The molecule has 0 unspecified atom stereocenters. The van der Waals surface area contributed by atoms with Gasteiger partial charge in [0, 0.05) is 38.6 Å². The zero-order chi connectivity index (χ0) is 12.6. The fraction of sp³-hybridized carbons (Fsp3) is 0.615. The lowest BCUT2D eigenvalue weighted by Gasteiger charge is -2.33. The van der Waals surface area contributed by atoms with Crippen LogP contribution in [-0.2, 0) is 4.74 Å². The smallest absolute Gasteiger partial charge is 0.125 e. The fourth-order valence-electron chi connectivity index (χ4n) is 3.04. The van der Waals surface area contributed by atoms with Gasteiger partial charge in [0.05, 0.1) is 10.7 Å². The fourth-order valence-corrected chi connectivity index (χ4v) is 3.26. The molecule has 0 saturated carbocycles. The van der Waals surface area contributed by atoms with Gasteiger partial charge in [-0.1, -0.05) is 11.6 Å². The van der Waals surface area contributed by atoms with Crippen molar-refractivity contribution < 1.29 is 4.74 Å². The number of rotatable bonds is 1. The quantitative estimate of drug-likeness (QED) is 0.848. The number of pyridine rings is 1. The summed E-state index contributed by atoms with van der Waals surface area (Å²) in [5.41, 5.74) is 7.19. The molecular weight excluding hydrogens is 250 g/mol. The van der Waals surface area contributed by atoms with Crippen LogP contribution in [0.15, 0.2) is 12.3 Å². The number of nitrogens with zero attached hydrogens (tertiary/aromatic N) is 2. The first-order valence-electron chi connectivity index (χ1n) is 6.42. The van der Waals surface area contributed by atoms with E-state index >= 15 is 0 Å². The highest BCUT2D eigenvalue weighted by Gasteiger charge is 2.39. The molecule has 2 aliphatic heterocycles.